The molecule has 1 N–H and O–H groups in total. The fraction of sp³-hybridized carbons (Fsp3) is 0.375. The van der Waals surface area contributed by atoms with E-state index in [9.17, 15) is 4.39 Å². The first-order valence-corrected chi connectivity index (χ1v) is 6.92. The van der Waals surface area contributed by atoms with Crippen LogP contribution in [0.4, 0.5) is 10.2 Å². The van der Waals surface area contributed by atoms with E-state index in [1.165, 1.54) is 12.1 Å². The first kappa shape index (κ1) is 14.4. The summed E-state index contributed by atoms with van der Waals surface area (Å²) < 4.78 is 12.9. The first-order chi connectivity index (χ1) is 9.60. The van der Waals surface area contributed by atoms with Gasteiger partial charge in [0.1, 0.15) is 17.5 Å². The summed E-state index contributed by atoms with van der Waals surface area (Å²) in [5.74, 6) is 1.44. The van der Waals surface area contributed by atoms with Gasteiger partial charge in [-0.2, -0.15) is 0 Å². The van der Waals surface area contributed by atoms with E-state index in [4.69, 9.17) is 0 Å². The van der Waals surface area contributed by atoms with Crippen molar-refractivity contribution in [2.75, 3.05) is 11.9 Å². The number of aryl methyl sites for hydroxylation is 1. The lowest BCUT2D eigenvalue weighted by Gasteiger charge is -2.11. The highest BCUT2D eigenvalue weighted by Gasteiger charge is 2.08. The molecule has 4 heteroatoms. The third-order valence-corrected chi connectivity index (χ3v) is 3.25. The number of halogens is 1. The van der Waals surface area contributed by atoms with E-state index in [-0.39, 0.29) is 5.82 Å². The SMILES string of the molecule is CCCNc1nc(Cc2ccc(F)cc2)nc(C)c1C. The second kappa shape index (κ2) is 6.46. The molecule has 0 aliphatic carbocycles. The van der Waals surface area contributed by atoms with Crippen molar-refractivity contribution in [3.05, 3.63) is 52.7 Å². The molecule has 0 atom stereocenters. The van der Waals surface area contributed by atoms with Crippen LogP contribution in [0.2, 0.25) is 0 Å². The second-order valence-electron chi connectivity index (χ2n) is 4.93. The summed E-state index contributed by atoms with van der Waals surface area (Å²) in [5.41, 5.74) is 3.08. The Labute approximate surface area is 119 Å². The van der Waals surface area contributed by atoms with Crippen molar-refractivity contribution in [2.24, 2.45) is 0 Å². The van der Waals surface area contributed by atoms with Gasteiger partial charge in [-0.15, -0.1) is 0 Å². The lowest BCUT2D eigenvalue weighted by Crippen LogP contribution is -2.09. The molecule has 0 aliphatic rings. The molecule has 2 rings (SSSR count). The Balaban J connectivity index is 2.23. The van der Waals surface area contributed by atoms with Crippen molar-refractivity contribution in [1.29, 1.82) is 0 Å². The number of anilines is 1. The van der Waals surface area contributed by atoms with E-state index in [1.807, 2.05) is 13.8 Å². The molecule has 0 aliphatic heterocycles. The van der Waals surface area contributed by atoms with Crippen molar-refractivity contribution in [3.63, 3.8) is 0 Å². The van der Waals surface area contributed by atoms with Crippen molar-refractivity contribution in [1.82, 2.24) is 9.97 Å². The Morgan fingerprint density at radius 1 is 1.10 bits per heavy atom. The number of benzene rings is 1. The first-order valence-electron chi connectivity index (χ1n) is 6.92. The summed E-state index contributed by atoms with van der Waals surface area (Å²) in [6, 6.07) is 6.47. The number of rotatable bonds is 5. The second-order valence-corrected chi connectivity index (χ2v) is 4.93. The maximum Gasteiger partial charge on any atom is 0.135 e. The summed E-state index contributed by atoms with van der Waals surface area (Å²) in [6.45, 7) is 7.03. The van der Waals surface area contributed by atoms with Gasteiger partial charge in [0.05, 0.1) is 0 Å². The molecule has 106 valence electrons. The molecule has 0 unspecified atom stereocenters. The smallest absolute Gasteiger partial charge is 0.135 e. The molecule has 1 aromatic heterocycles. The van der Waals surface area contributed by atoms with Gasteiger partial charge in [0.15, 0.2) is 0 Å². The van der Waals surface area contributed by atoms with Gasteiger partial charge < -0.3 is 5.32 Å². The van der Waals surface area contributed by atoms with Crippen LogP contribution in [-0.2, 0) is 6.42 Å². The third-order valence-electron chi connectivity index (χ3n) is 3.25. The Kier molecular flexibility index (Phi) is 4.66. The number of hydrogen-bond donors (Lipinski definition) is 1. The van der Waals surface area contributed by atoms with Gasteiger partial charge in [0, 0.05) is 24.2 Å². The molecule has 1 heterocycles. The van der Waals surface area contributed by atoms with Crippen LogP contribution in [0.1, 0.15) is 36.0 Å². The van der Waals surface area contributed by atoms with Crippen molar-refractivity contribution in [3.8, 4) is 0 Å². The molecular weight excluding hydrogens is 253 g/mol. The Morgan fingerprint density at radius 2 is 1.80 bits per heavy atom. The zero-order valence-corrected chi connectivity index (χ0v) is 12.2. The molecule has 0 saturated heterocycles. The summed E-state index contributed by atoms with van der Waals surface area (Å²) >= 11 is 0. The molecule has 20 heavy (non-hydrogen) atoms. The van der Waals surface area contributed by atoms with Gasteiger partial charge in [0.25, 0.3) is 0 Å². The van der Waals surface area contributed by atoms with Crippen LogP contribution in [-0.4, -0.2) is 16.5 Å². The van der Waals surface area contributed by atoms with E-state index >= 15 is 0 Å². The maximum atomic E-state index is 12.9. The van der Waals surface area contributed by atoms with Crippen LogP contribution >= 0.6 is 0 Å². The topological polar surface area (TPSA) is 37.8 Å². The number of aromatic nitrogens is 2. The molecule has 0 fully saturated rings. The zero-order valence-electron chi connectivity index (χ0n) is 12.2. The van der Waals surface area contributed by atoms with Gasteiger partial charge in [-0.25, -0.2) is 14.4 Å². The van der Waals surface area contributed by atoms with E-state index in [2.05, 4.69) is 22.2 Å². The van der Waals surface area contributed by atoms with Crippen molar-refractivity contribution < 1.29 is 4.39 Å². The molecular formula is C16H20FN3. The Hall–Kier alpha value is -1.97. The summed E-state index contributed by atoms with van der Waals surface area (Å²) in [4.78, 5) is 9.09. The normalized spacial score (nSPS) is 10.6. The molecule has 0 bridgehead atoms. The molecule has 2 aromatic rings. The zero-order chi connectivity index (χ0) is 14.5. The molecule has 0 spiro atoms. The molecule has 0 saturated carbocycles. The summed E-state index contributed by atoms with van der Waals surface area (Å²) in [7, 11) is 0. The molecule has 0 radical (unpaired) electrons. The standard InChI is InChI=1S/C16H20FN3/c1-4-9-18-16-11(2)12(3)19-15(20-16)10-13-5-7-14(17)8-6-13/h5-8H,4,9-10H2,1-3H3,(H,18,19,20). The summed E-state index contributed by atoms with van der Waals surface area (Å²) in [5, 5.41) is 3.33. The van der Waals surface area contributed by atoms with Crippen molar-refractivity contribution in [2.45, 2.75) is 33.6 Å². The highest BCUT2D eigenvalue weighted by atomic mass is 19.1. The molecule has 3 nitrogen and oxygen atoms in total. The van der Waals surface area contributed by atoms with Gasteiger partial charge >= 0.3 is 0 Å². The quantitative estimate of drug-likeness (QED) is 0.903. The minimum atomic E-state index is -0.222. The number of hydrogen-bond acceptors (Lipinski definition) is 3. The van der Waals surface area contributed by atoms with Crippen LogP contribution in [0, 0.1) is 19.7 Å². The highest BCUT2D eigenvalue weighted by molar-refractivity contribution is 5.45. The Bertz CT molecular complexity index is 579. The van der Waals surface area contributed by atoms with Crippen LogP contribution in [0.3, 0.4) is 0 Å². The highest BCUT2D eigenvalue weighted by Crippen LogP contribution is 2.16. The van der Waals surface area contributed by atoms with Crippen LogP contribution in [0.15, 0.2) is 24.3 Å². The van der Waals surface area contributed by atoms with Gasteiger partial charge in [-0.05, 0) is 38.0 Å². The lowest BCUT2D eigenvalue weighted by molar-refractivity contribution is 0.627. The average molecular weight is 273 g/mol. The summed E-state index contributed by atoms with van der Waals surface area (Å²) in [6.07, 6.45) is 1.66. The van der Waals surface area contributed by atoms with Gasteiger partial charge in [-0.3, -0.25) is 0 Å². The van der Waals surface area contributed by atoms with Crippen LogP contribution < -0.4 is 5.32 Å². The largest absolute Gasteiger partial charge is 0.370 e. The Morgan fingerprint density at radius 3 is 2.45 bits per heavy atom. The fourth-order valence-electron chi connectivity index (χ4n) is 1.97. The molecule has 0 amide bonds. The number of nitrogens with zero attached hydrogens (tertiary/aromatic N) is 2. The van der Waals surface area contributed by atoms with E-state index in [1.54, 1.807) is 12.1 Å². The predicted octanol–water partition coefficient (Wildman–Crippen LogP) is 3.65. The number of nitrogens with one attached hydrogen (secondary N) is 1. The van der Waals surface area contributed by atoms with Crippen LogP contribution in [0.25, 0.3) is 0 Å². The van der Waals surface area contributed by atoms with Crippen LogP contribution in [0.5, 0.6) is 0 Å². The molecule has 1 aromatic carbocycles. The fourth-order valence-corrected chi connectivity index (χ4v) is 1.97. The maximum absolute atomic E-state index is 12.9. The van der Waals surface area contributed by atoms with Gasteiger partial charge in [-0.1, -0.05) is 19.1 Å². The van der Waals surface area contributed by atoms with E-state index in [0.29, 0.717) is 6.42 Å². The van der Waals surface area contributed by atoms with Gasteiger partial charge in [0.2, 0.25) is 0 Å². The average Bonchev–Trinajstić information content (AvgIpc) is 2.43. The minimum Gasteiger partial charge on any atom is -0.370 e. The monoisotopic (exact) mass is 273 g/mol. The van der Waals surface area contributed by atoms with E-state index in [0.717, 1.165) is 41.4 Å². The van der Waals surface area contributed by atoms with Crippen molar-refractivity contribution >= 4 is 5.82 Å². The third kappa shape index (κ3) is 3.53. The predicted molar refractivity (Wildman–Crippen MR) is 79.5 cm³/mol. The van der Waals surface area contributed by atoms with E-state index < -0.39 is 0 Å². The minimum absolute atomic E-state index is 0.222. The lowest BCUT2D eigenvalue weighted by atomic mass is 10.1.